The van der Waals surface area contributed by atoms with Gasteiger partial charge in [0.1, 0.15) is 0 Å². The summed E-state index contributed by atoms with van der Waals surface area (Å²) in [4.78, 5) is 13.6. The fourth-order valence-electron chi connectivity index (χ4n) is 2.48. The Bertz CT molecular complexity index is 386. The van der Waals surface area contributed by atoms with Gasteiger partial charge >= 0.3 is 5.97 Å². The average Bonchev–Trinajstić information content (AvgIpc) is 2.97. The maximum atomic E-state index is 11.3. The van der Waals surface area contributed by atoms with Gasteiger partial charge in [-0.15, -0.1) is 0 Å². The number of rotatable bonds is 5. The lowest BCUT2D eigenvalue weighted by Gasteiger charge is -2.33. The SMILES string of the molecule is COC(=O)C(O)C1CCN(CCn2cccn2)CC1. The number of carbonyl (C=O) groups excluding carboxylic acids is 1. The zero-order chi connectivity index (χ0) is 13.7. The molecule has 0 saturated carbocycles. The molecule has 106 valence electrons. The average molecular weight is 267 g/mol. The van der Waals surface area contributed by atoms with E-state index in [2.05, 4.69) is 14.7 Å². The second-order valence-corrected chi connectivity index (χ2v) is 4.92. The molecule has 19 heavy (non-hydrogen) atoms. The first-order chi connectivity index (χ1) is 9.20. The van der Waals surface area contributed by atoms with E-state index in [9.17, 15) is 9.90 Å². The van der Waals surface area contributed by atoms with Gasteiger partial charge in [-0.3, -0.25) is 4.68 Å². The van der Waals surface area contributed by atoms with Crippen LogP contribution >= 0.6 is 0 Å². The van der Waals surface area contributed by atoms with E-state index in [0.717, 1.165) is 39.0 Å². The van der Waals surface area contributed by atoms with Gasteiger partial charge in [-0.2, -0.15) is 5.10 Å². The molecule has 1 aromatic rings. The summed E-state index contributed by atoms with van der Waals surface area (Å²) in [6.07, 6.45) is 4.41. The lowest BCUT2D eigenvalue weighted by atomic mass is 9.91. The summed E-state index contributed by atoms with van der Waals surface area (Å²) in [5, 5.41) is 14.0. The fraction of sp³-hybridized carbons (Fsp3) is 0.692. The number of likely N-dealkylation sites (tertiary alicyclic amines) is 1. The quantitative estimate of drug-likeness (QED) is 0.768. The lowest BCUT2D eigenvalue weighted by Crippen LogP contribution is -2.41. The Hall–Kier alpha value is -1.40. The number of nitrogens with zero attached hydrogens (tertiary/aromatic N) is 3. The van der Waals surface area contributed by atoms with Gasteiger partial charge in [-0.1, -0.05) is 0 Å². The van der Waals surface area contributed by atoms with E-state index in [1.165, 1.54) is 7.11 Å². The molecule has 0 spiro atoms. The maximum Gasteiger partial charge on any atom is 0.334 e. The number of ether oxygens (including phenoxy) is 1. The molecule has 1 N–H and O–H groups in total. The zero-order valence-corrected chi connectivity index (χ0v) is 11.2. The Balaban J connectivity index is 1.71. The topological polar surface area (TPSA) is 67.6 Å². The number of carbonyl (C=O) groups is 1. The van der Waals surface area contributed by atoms with Crippen LogP contribution in [0.2, 0.25) is 0 Å². The van der Waals surface area contributed by atoms with Gasteiger partial charge in [-0.25, -0.2) is 4.79 Å². The summed E-state index contributed by atoms with van der Waals surface area (Å²) in [6, 6.07) is 1.92. The van der Waals surface area contributed by atoms with Crippen LogP contribution in [0.4, 0.5) is 0 Å². The van der Waals surface area contributed by atoms with E-state index < -0.39 is 12.1 Å². The highest BCUT2D eigenvalue weighted by atomic mass is 16.5. The second kappa shape index (κ2) is 6.68. The van der Waals surface area contributed by atoms with Gasteiger partial charge in [0.2, 0.25) is 0 Å². The highest BCUT2D eigenvalue weighted by Gasteiger charge is 2.30. The normalized spacial score (nSPS) is 19.3. The number of aromatic nitrogens is 2. The summed E-state index contributed by atoms with van der Waals surface area (Å²) in [5.41, 5.74) is 0. The molecule has 2 heterocycles. The van der Waals surface area contributed by atoms with Crippen LogP contribution in [0.3, 0.4) is 0 Å². The van der Waals surface area contributed by atoms with Crippen LogP contribution in [0.5, 0.6) is 0 Å². The Kier molecular flexibility index (Phi) is 4.93. The first kappa shape index (κ1) is 14.0. The number of aliphatic hydroxyl groups excluding tert-OH is 1. The van der Waals surface area contributed by atoms with Gasteiger partial charge in [0.25, 0.3) is 0 Å². The molecule has 1 saturated heterocycles. The van der Waals surface area contributed by atoms with E-state index in [4.69, 9.17) is 0 Å². The van der Waals surface area contributed by atoms with E-state index in [1.807, 2.05) is 16.9 Å². The van der Waals surface area contributed by atoms with Crippen molar-refractivity contribution in [3.8, 4) is 0 Å². The third kappa shape index (κ3) is 3.78. The van der Waals surface area contributed by atoms with Gasteiger partial charge in [0, 0.05) is 18.9 Å². The van der Waals surface area contributed by atoms with Crippen molar-refractivity contribution < 1.29 is 14.6 Å². The van der Waals surface area contributed by atoms with Gasteiger partial charge < -0.3 is 14.7 Å². The van der Waals surface area contributed by atoms with Crippen LogP contribution in [-0.4, -0.2) is 58.6 Å². The minimum Gasteiger partial charge on any atom is -0.467 e. The van der Waals surface area contributed by atoms with Crippen molar-refractivity contribution in [2.75, 3.05) is 26.7 Å². The minimum absolute atomic E-state index is 0.0217. The largest absolute Gasteiger partial charge is 0.467 e. The predicted molar refractivity (Wildman–Crippen MR) is 69.4 cm³/mol. The molecule has 0 radical (unpaired) electrons. The molecule has 0 bridgehead atoms. The van der Waals surface area contributed by atoms with Crippen LogP contribution in [-0.2, 0) is 16.1 Å². The summed E-state index contributed by atoms with van der Waals surface area (Å²) >= 11 is 0. The van der Waals surface area contributed by atoms with E-state index in [-0.39, 0.29) is 5.92 Å². The Morgan fingerprint density at radius 2 is 2.21 bits per heavy atom. The molecule has 1 fully saturated rings. The van der Waals surface area contributed by atoms with Gasteiger partial charge in [-0.05, 0) is 37.9 Å². The van der Waals surface area contributed by atoms with Crippen LogP contribution in [0, 0.1) is 5.92 Å². The zero-order valence-electron chi connectivity index (χ0n) is 11.2. The van der Waals surface area contributed by atoms with Gasteiger partial charge in [0.15, 0.2) is 6.10 Å². The molecule has 1 aliphatic rings. The van der Waals surface area contributed by atoms with Crippen LogP contribution in [0.25, 0.3) is 0 Å². The van der Waals surface area contributed by atoms with Gasteiger partial charge in [0.05, 0.1) is 13.7 Å². The first-order valence-corrected chi connectivity index (χ1v) is 6.66. The highest BCUT2D eigenvalue weighted by molar-refractivity contribution is 5.74. The fourth-order valence-corrected chi connectivity index (χ4v) is 2.48. The van der Waals surface area contributed by atoms with Crippen LogP contribution < -0.4 is 0 Å². The summed E-state index contributed by atoms with van der Waals surface area (Å²) < 4.78 is 6.49. The second-order valence-electron chi connectivity index (χ2n) is 4.92. The number of esters is 1. The molecular formula is C13H21N3O3. The molecule has 0 aliphatic carbocycles. The Morgan fingerprint density at radius 1 is 1.47 bits per heavy atom. The molecule has 2 rings (SSSR count). The van der Waals surface area contributed by atoms with Crippen molar-refractivity contribution in [2.45, 2.75) is 25.5 Å². The van der Waals surface area contributed by atoms with Crippen molar-refractivity contribution in [1.82, 2.24) is 14.7 Å². The molecule has 0 amide bonds. The van der Waals surface area contributed by atoms with Crippen molar-refractivity contribution in [1.29, 1.82) is 0 Å². The molecule has 6 heteroatoms. The molecule has 6 nitrogen and oxygen atoms in total. The monoisotopic (exact) mass is 267 g/mol. The number of aliphatic hydroxyl groups is 1. The van der Waals surface area contributed by atoms with Crippen LogP contribution in [0.1, 0.15) is 12.8 Å². The minimum atomic E-state index is -0.974. The summed E-state index contributed by atoms with van der Waals surface area (Å²) in [6.45, 7) is 3.62. The van der Waals surface area contributed by atoms with E-state index >= 15 is 0 Å². The Morgan fingerprint density at radius 3 is 2.79 bits per heavy atom. The third-order valence-electron chi connectivity index (χ3n) is 3.73. The molecule has 0 aromatic carbocycles. The summed E-state index contributed by atoms with van der Waals surface area (Å²) in [5.74, 6) is -0.497. The van der Waals surface area contributed by atoms with Crippen molar-refractivity contribution >= 4 is 5.97 Å². The number of methoxy groups -OCH3 is 1. The molecule has 1 atom stereocenters. The number of piperidine rings is 1. The lowest BCUT2D eigenvalue weighted by molar-refractivity contribution is -0.154. The molecule has 1 aromatic heterocycles. The smallest absolute Gasteiger partial charge is 0.334 e. The highest BCUT2D eigenvalue weighted by Crippen LogP contribution is 2.21. The van der Waals surface area contributed by atoms with Crippen molar-refractivity contribution in [2.24, 2.45) is 5.92 Å². The summed E-state index contributed by atoms with van der Waals surface area (Å²) in [7, 11) is 1.31. The Labute approximate surface area is 113 Å². The number of hydrogen-bond acceptors (Lipinski definition) is 5. The number of hydrogen-bond donors (Lipinski definition) is 1. The predicted octanol–water partition coefficient (Wildman–Crippen LogP) is 0.129. The molecular weight excluding hydrogens is 246 g/mol. The molecule has 1 unspecified atom stereocenters. The molecule has 1 aliphatic heterocycles. The third-order valence-corrected chi connectivity index (χ3v) is 3.73. The van der Waals surface area contributed by atoms with E-state index in [1.54, 1.807) is 6.20 Å². The standard InChI is InChI=1S/C13H21N3O3/c1-19-13(18)12(17)11-3-7-15(8-4-11)9-10-16-6-2-5-14-16/h2,5-6,11-12,17H,3-4,7-10H2,1H3. The van der Waals surface area contributed by atoms with Crippen molar-refractivity contribution in [3.63, 3.8) is 0 Å². The maximum absolute atomic E-state index is 11.3. The van der Waals surface area contributed by atoms with Crippen LogP contribution in [0.15, 0.2) is 18.5 Å². The van der Waals surface area contributed by atoms with Crippen molar-refractivity contribution in [3.05, 3.63) is 18.5 Å². The van der Waals surface area contributed by atoms with E-state index in [0.29, 0.717) is 0 Å². The first-order valence-electron chi connectivity index (χ1n) is 6.66.